The summed E-state index contributed by atoms with van der Waals surface area (Å²) in [5.41, 5.74) is 0. The molecule has 0 aromatic carbocycles. The Morgan fingerprint density at radius 3 is 2.44 bits per heavy atom. The highest BCUT2D eigenvalue weighted by atomic mass is 14.9. The molecule has 2 unspecified atom stereocenters. The Balaban J connectivity index is 1.90. The fraction of sp³-hybridized carbons (Fsp3) is 1.00. The highest BCUT2D eigenvalue weighted by Gasteiger charge is 2.24. The second kappa shape index (κ2) is 9.04. The number of nitrogens with one attached hydrogen (secondary N) is 1. The number of hydrogen-bond acceptors (Lipinski definition) is 1. The van der Waals surface area contributed by atoms with E-state index >= 15 is 0 Å². The lowest BCUT2D eigenvalue weighted by molar-refractivity contribution is 0.386. The lowest BCUT2D eigenvalue weighted by atomic mass is 10.0. The molecule has 0 spiro atoms. The van der Waals surface area contributed by atoms with E-state index in [2.05, 4.69) is 19.2 Å². The highest BCUT2D eigenvalue weighted by molar-refractivity contribution is 4.81. The van der Waals surface area contributed by atoms with Crippen molar-refractivity contribution in [3.63, 3.8) is 0 Å². The third-order valence-electron chi connectivity index (χ3n) is 4.12. The van der Waals surface area contributed by atoms with Crippen LogP contribution in [-0.2, 0) is 0 Å². The summed E-state index contributed by atoms with van der Waals surface area (Å²) in [7, 11) is 0. The molecule has 1 N–H and O–H groups in total. The van der Waals surface area contributed by atoms with Gasteiger partial charge in [-0.3, -0.25) is 0 Å². The van der Waals surface area contributed by atoms with Crippen LogP contribution in [0.5, 0.6) is 0 Å². The summed E-state index contributed by atoms with van der Waals surface area (Å²) < 4.78 is 0. The lowest BCUT2D eigenvalue weighted by Gasteiger charge is -2.19. The van der Waals surface area contributed by atoms with Crippen molar-refractivity contribution in [1.82, 2.24) is 5.32 Å². The summed E-state index contributed by atoms with van der Waals surface area (Å²) in [6.07, 6.45) is 14.2. The van der Waals surface area contributed by atoms with Crippen LogP contribution in [0.1, 0.15) is 78.1 Å². The van der Waals surface area contributed by atoms with E-state index in [1.807, 2.05) is 0 Å². The van der Waals surface area contributed by atoms with E-state index in [-0.39, 0.29) is 0 Å². The van der Waals surface area contributed by atoms with Gasteiger partial charge in [-0.05, 0) is 31.7 Å². The van der Waals surface area contributed by atoms with Crippen molar-refractivity contribution >= 4 is 0 Å². The van der Waals surface area contributed by atoms with E-state index in [1.165, 1.54) is 70.8 Å². The SMILES string of the molecule is CCCCCCCCNC1CCCC1CC. The zero-order valence-corrected chi connectivity index (χ0v) is 11.4. The molecule has 16 heavy (non-hydrogen) atoms. The molecule has 1 saturated carbocycles. The van der Waals surface area contributed by atoms with E-state index in [4.69, 9.17) is 0 Å². The minimum atomic E-state index is 0.848. The van der Waals surface area contributed by atoms with E-state index in [1.54, 1.807) is 0 Å². The summed E-state index contributed by atoms with van der Waals surface area (Å²) in [6, 6.07) is 0.848. The third-order valence-corrected chi connectivity index (χ3v) is 4.12. The molecule has 0 aromatic heterocycles. The first-order chi connectivity index (χ1) is 7.88. The first kappa shape index (κ1) is 14.0. The van der Waals surface area contributed by atoms with Crippen molar-refractivity contribution in [2.75, 3.05) is 6.54 Å². The van der Waals surface area contributed by atoms with E-state index in [9.17, 15) is 0 Å². The largest absolute Gasteiger partial charge is 0.314 e. The minimum absolute atomic E-state index is 0.848. The van der Waals surface area contributed by atoms with E-state index < -0.39 is 0 Å². The molecule has 0 aromatic rings. The van der Waals surface area contributed by atoms with Gasteiger partial charge in [0, 0.05) is 6.04 Å². The average molecular weight is 225 g/mol. The summed E-state index contributed by atoms with van der Waals surface area (Å²) in [4.78, 5) is 0. The van der Waals surface area contributed by atoms with Crippen LogP contribution in [0.4, 0.5) is 0 Å². The molecule has 96 valence electrons. The van der Waals surface area contributed by atoms with Crippen molar-refractivity contribution in [3.05, 3.63) is 0 Å². The standard InChI is InChI=1S/C15H31N/c1-3-5-6-7-8-9-13-16-15-12-10-11-14(15)4-2/h14-16H,3-13H2,1-2H3. The molecule has 0 saturated heterocycles. The quantitative estimate of drug-likeness (QED) is 0.569. The smallest absolute Gasteiger partial charge is 0.00952 e. The van der Waals surface area contributed by atoms with Crippen molar-refractivity contribution in [1.29, 1.82) is 0 Å². The average Bonchev–Trinajstić information content (AvgIpc) is 2.75. The van der Waals surface area contributed by atoms with Crippen molar-refractivity contribution < 1.29 is 0 Å². The number of unbranched alkanes of at least 4 members (excludes halogenated alkanes) is 5. The zero-order valence-electron chi connectivity index (χ0n) is 11.4. The van der Waals surface area contributed by atoms with Crippen LogP contribution < -0.4 is 5.32 Å². The third kappa shape index (κ3) is 5.34. The molecule has 0 aliphatic heterocycles. The molecule has 1 rings (SSSR count). The van der Waals surface area contributed by atoms with Crippen LogP contribution in [0.2, 0.25) is 0 Å². The Morgan fingerprint density at radius 1 is 0.938 bits per heavy atom. The highest BCUT2D eigenvalue weighted by Crippen LogP contribution is 2.27. The second-order valence-electron chi connectivity index (χ2n) is 5.43. The van der Waals surface area contributed by atoms with Gasteiger partial charge >= 0.3 is 0 Å². The van der Waals surface area contributed by atoms with Gasteiger partial charge in [-0.15, -0.1) is 0 Å². The fourth-order valence-electron chi connectivity index (χ4n) is 2.99. The van der Waals surface area contributed by atoms with Gasteiger partial charge in [0.15, 0.2) is 0 Å². The second-order valence-corrected chi connectivity index (χ2v) is 5.43. The van der Waals surface area contributed by atoms with Crippen LogP contribution in [0, 0.1) is 5.92 Å². The number of hydrogen-bond donors (Lipinski definition) is 1. The summed E-state index contributed by atoms with van der Waals surface area (Å²) >= 11 is 0. The fourth-order valence-corrected chi connectivity index (χ4v) is 2.99. The van der Waals surface area contributed by atoms with Crippen LogP contribution in [-0.4, -0.2) is 12.6 Å². The van der Waals surface area contributed by atoms with Gasteiger partial charge in [0.25, 0.3) is 0 Å². The van der Waals surface area contributed by atoms with E-state index in [0.29, 0.717) is 0 Å². The van der Waals surface area contributed by atoms with Crippen LogP contribution in [0.15, 0.2) is 0 Å². The maximum Gasteiger partial charge on any atom is 0.00952 e. The molecule has 0 radical (unpaired) electrons. The molecule has 2 atom stereocenters. The van der Waals surface area contributed by atoms with Crippen molar-refractivity contribution in [2.24, 2.45) is 5.92 Å². The van der Waals surface area contributed by atoms with Crippen molar-refractivity contribution in [3.8, 4) is 0 Å². The van der Waals surface area contributed by atoms with Crippen molar-refractivity contribution in [2.45, 2.75) is 84.1 Å². The van der Waals surface area contributed by atoms with Gasteiger partial charge in [0.05, 0.1) is 0 Å². The lowest BCUT2D eigenvalue weighted by Crippen LogP contribution is -2.32. The van der Waals surface area contributed by atoms with Gasteiger partial charge in [-0.25, -0.2) is 0 Å². The van der Waals surface area contributed by atoms with Gasteiger partial charge in [-0.1, -0.05) is 58.8 Å². The van der Waals surface area contributed by atoms with Crippen LogP contribution in [0.3, 0.4) is 0 Å². The molecule has 0 amide bonds. The number of rotatable bonds is 9. The Kier molecular flexibility index (Phi) is 7.92. The zero-order chi connectivity index (χ0) is 11.6. The maximum atomic E-state index is 3.77. The molecule has 1 heteroatoms. The molecule has 1 aliphatic carbocycles. The molecule has 1 fully saturated rings. The Labute approximate surface area is 102 Å². The van der Waals surface area contributed by atoms with Crippen LogP contribution >= 0.6 is 0 Å². The Hall–Kier alpha value is -0.0400. The predicted molar refractivity (Wildman–Crippen MR) is 72.8 cm³/mol. The van der Waals surface area contributed by atoms with Crippen LogP contribution in [0.25, 0.3) is 0 Å². The first-order valence-electron chi connectivity index (χ1n) is 7.61. The monoisotopic (exact) mass is 225 g/mol. The summed E-state index contributed by atoms with van der Waals surface area (Å²) in [5.74, 6) is 0.972. The van der Waals surface area contributed by atoms with E-state index in [0.717, 1.165) is 12.0 Å². The minimum Gasteiger partial charge on any atom is -0.314 e. The Bertz CT molecular complexity index is 156. The first-order valence-corrected chi connectivity index (χ1v) is 7.61. The molecule has 1 nitrogen and oxygen atoms in total. The molecule has 1 aliphatic rings. The normalized spacial score (nSPS) is 25.1. The van der Waals surface area contributed by atoms with Gasteiger partial charge < -0.3 is 5.32 Å². The molecular formula is C15H31N. The summed E-state index contributed by atoms with van der Waals surface area (Å²) in [6.45, 7) is 5.88. The summed E-state index contributed by atoms with van der Waals surface area (Å²) in [5, 5.41) is 3.77. The Morgan fingerprint density at radius 2 is 1.69 bits per heavy atom. The van der Waals surface area contributed by atoms with Gasteiger partial charge in [0.2, 0.25) is 0 Å². The van der Waals surface area contributed by atoms with Gasteiger partial charge in [0.1, 0.15) is 0 Å². The maximum absolute atomic E-state index is 3.77. The molecule has 0 bridgehead atoms. The van der Waals surface area contributed by atoms with Gasteiger partial charge in [-0.2, -0.15) is 0 Å². The molecule has 0 heterocycles. The molecular weight excluding hydrogens is 194 g/mol. The predicted octanol–water partition coefficient (Wildman–Crippen LogP) is 4.52. The topological polar surface area (TPSA) is 12.0 Å².